The first-order valence-electron chi connectivity index (χ1n) is 14.0. The summed E-state index contributed by atoms with van der Waals surface area (Å²) in [6.45, 7) is 9.86. The zero-order valence-corrected chi connectivity index (χ0v) is 25.5. The summed E-state index contributed by atoms with van der Waals surface area (Å²) in [7, 11) is 0. The molecule has 3 aromatic rings. The van der Waals surface area contributed by atoms with Gasteiger partial charge >= 0.3 is 6.09 Å². The summed E-state index contributed by atoms with van der Waals surface area (Å²) in [4.78, 5) is 41.5. The van der Waals surface area contributed by atoms with E-state index in [2.05, 4.69) is 12.1 Å². The molecule has 0 saturated carbocycles. The van der Waals surface area contributed by atoms with Crippen molar-refractivity contribution in [3.05, 3.63) is 89.0 Å². The fraction of sp³-hybridized carbons (Fsp3) is 0.382. The summed E-state index contributed by atoms with van der Waals surface area (Å²) in [5, 5.41) is 0. The molecule has 1 saturated heterocycles. The third kappa shape index (κ3) is 7.39. The molecule has 1 fully saturated rings. The Kier molecular flexibility index (Phi) is 9.59. The Balaban J connectivity index is 1.52. The number of Topliss-reactive ketones (excluding diaryl/α,β-unsaturated/α-hetero) is 2. The SMILES string of the molecule is CSc1ccc(C(=O)C2CN(C(=O)Oc3ccccc3)CC2CCc2cc(C)c(OC(C)(C)C(C)=O)c(C)c2)cc1. The number of para-hydroxylation sites is 1. The van der Waals surface area contributed by atoms with Gasteiger partial charge < -0.3 is 14.4 Å². The van der Waals surface area contributed by atoms with E-state index in [4.69, 9.17) is 9.47 Å². The van der Waals surface area contributed by atoms with Gasteiger partial charge in [-0.1, -0.05) is 42.5 Å². The number of benzene rings is 3. The Morgan fingerprint density at radius 3 is 2.17 bits per heavy atom. The Bertz CT molecular complexity index is 1380. The maximum atomic E-state index is 13.7. The van der Waals surface area contributed by atoms with Gasteiger partial charge in [-0.2, -0.15) is 0 Å². The first-order valence-corrected chi connectivity index (χ1v) is 15.2. The number of ether oxygens (including phenoxy) is 2. The van der Waals surface area contributed by atoms with Crippen LogP contribution in [0.5, 0.6) is 11.5 Å². The molecule has 41 heavy (non-hydrogen) atoms. The van der Waals surface area contributed by atoms with Crippen LogP contribution in [-0.2, 0) is 11.2 Å². The quantitative estimate of drug-likeness (QED) is 0.187. The van der Waals surface area contributed by atoms with Crippen molar-refractivity contribution in [1.29, 1.82) is 0 Å². The van der Waals surface area contributed by atoms with E-state index in [1.54, 1.807) is 42.6 Å². The molecular formula is C34H39NO5S. The number of carbonyl (C=O) groups excluding carboxylic acids is 3. The third-order valence-corrected chi connectivity index (χ3v) is 8.63. The van der Waals surface area contributed by atoms with Gasteiger partial charge in [-0.25, -0.2) is 4.79 Å². The van der Waals surface area contributed by atoms with Crippen molar-refractivity contribution in [3.8, 4) is 11.5 Å². The normalized spacial score (nSPS) is 16.9. The zero-order valence-electron chi connectivity index (χ0n) is 24.7. The average Bonchev–Trinajstić information content (AvgIpc) is 3.38. The van der Waals surface area contributed by atoms with Crippen LogP contribution in [0.3, 0.4) is 0 Å². The molecule has 216 valence electrons. The van der Waals surface area contributed by atoms with Crippen LogP contribution in [-0.4, -0.2) is 47.5 Å². The van der Waals surface area contributed by atoms with Crippen LogP contribution in [0.4, 0.5) is 4.79 Å². The van der Waals surface area contributed by atoms with E-state index in [9.17, 15) is 14.4 Å². The van der Waals surface area contributed by atoms with Gasteiger partial charge in [-0.15, -0.1) is 11.8 Å². The number of rotatable bonds is 10. The van der Waals surface area contributed by atoms with Crippen LogP contribution in [0.25, 0.3) is 0 Å². The maximum Gasteiger partial charge on any atom is 0.415 e. The molecule has 0 bridgehead atoms. The van der Waals surface area contributed by atoms with Crippen molar-refractivity contribution in [1.82, 2.24) is 4.90 Å². The molecule has 0 aliphatic carbocycles. The third-order valence-electron chi connectivity index (χ3n) is 7.89. The molecular weight excluding hydrogens is 534 g/mol. The Morgan fingerprint density at radius 1 is 0.951 bits per heavy atom. The number of thioether (sulfide) groups is 1. The lowest BCUT2D eigenvalue weighted by atomic mass is 9.84. The lowest BCUT2D eigenvalue weighted by molar-refractivity contribution is -0.129. The van der Waals surface area contributed by atoms with Crippen molar-refractivity contribution in [2.45, 2.75) is 58.0 Å². The molecule has 6 nitrogen and oxygen atoms in total. The zero-order chi connectivity index (χ0) is 29.7. The van der Waals surface area contributed by atoms with Crippen molar-refractivity contribution in [2.75, 3.05) is 19.3 Å². The molecule has 1 aliphatic rings. The van der Waals surface area contributed by atoms with E-state index in [0.717, 1.165) is 40.2 Å². The number of likely N-dealkylation sites (tertiary alicyclic amines) is 1. The summed E-state index contributed by atoms with van der Waals surface area (Å²) in [6, 6.07) is 20.9. The molecule has 0 radical (unpaired) electrons. The molecule has 3 aromatic carbocycles. The Morgan fingerprint density at radius 2 is 1.59 bits per heavy atom. The van der Waals surface area contributed by atoms with Crippen LogP contribution in [0, 0.1) is 25.7 Å². The summed E-state index contributed by atoms with van der Waals surface area (Å²) in [5.74, 6) is 0.902. The minimum absolute atomic E-state index is 0.0146. The highest BCUT2D eigenvalue weighted by Crippen LogP contribution is 2.34. The Labute approximate surface area is 247 Å². The highest BCUT2D eigenvalue weighted by molar-refractivity contribution is 7.98. The molecule has 2 unspecified atom stereocenters. The summed E-state index contributed by atoms with van der Waals surface area (Å²) in [6.07, 6.45) is 3.06. The summed E-state index contributed by atoms with van der Waals surface area (Å²) >= 11 is 1.63. The average molecular weight is 574 g/mol. The highest BCUT2D eigenvalue weighted by Gasteiger charge is 2.40. The number of hydrogen-bond acceptors (Lipinski definition) is 6. The summed E-state index contributed by atoms with van der Waals surface area (Å²) < 4.78 is 11.7. The van der Waals surface area contributed by atoms with Crippen molar-refractivity contribution in [2.24, 2.45) is 11.8 Å². The molecule has 7 heteroatoms. The predicted molar refractivity (Wildman–Crippen MR) is 163 cm³/mol. The lowest BCUT2D eigenvalue weighted by Gasteiger charge is -2.26. The van der Waals surface area contributed by atoms with E-state index < -0.39 is 11.7 Å². The number of nitrogens with zero attached hydrogens (tertiary/aromatic N) is 1. The van der Waals surface area contributed by atoms with Gasteiger partial charge in [-0.05, 0) is 101 Å². The van der Waals surface area contributed by atoms with E-state index >= 15 is 0 Å². The second-order valence-electron chi connectivity index (χ2n) is 11.3. The Hall–Kier alpha value is -3.58. The van der Waals surface area contributed by atoms with E-state index in [-0.39, 0.29) is 23.4 Å². The number of amides is 1. The van der Waals surface area contributed by atoms with E-state index in [1.165, 1.54) is 6.92 Å². The van der Waals surface area contributed by atoms with Crippen molar-refractivity contribution in [3.63, 3.8) is 0 Å². The summed E-state index contributed by atoms with van der Waals surface area (Å²) in [5.41, 5.74) is 2.83. The van der Waals surface area contributed by atoms with Crippen LogP contribution >= 0.6 is 11.8 Å². The molecule has 0 spiro atoms. The minimum atomic E-state index is -0.902. The smallest absolute Gasteiger partial charge is 0.415 e. The first-order chi connectivity index (χ1) is 19.5. The molecule has 1 heterocycles. The second kappa shape index (κ2) is 12.9. The minimum Gasteiger partial charge on any atom is -0.480 e. The topological polar surface area (TPSA) is 72.9 Å². The van der Waals surface area contributed by atoms with Gasteiger partial charge in [0.1, 0.15) is 11.5 Å². The van der Waals surface area contributed by atoms with Crippen LogP contribution in [0.2, 0.25) is 0 Å². The van der Waals surface area contributed by atoms with E-state index in [1.807, 2.05) is 62.6 Å². The molecule has 2 atom stereocenters. The number of ketones is 2. The van der Waals surface area contributed by atoms with Gasteiger partial charge in [0, 0.05) is 29.5 Å². The largest absolute Gasteiger partial charge is 0.480 e. The maximum absolute atomic E-state index is 13.7. The predicted octanol–water partition coefficient (Wildman–Crippen LogP) is 7.33. The lowest BCUT2D eigenvalue weighted by Crippen LogP contribution is -2.36. The fourth-order valence-electron chi connectivity index (χ4n) is 5.26. The van der Waals surface area contributed by atoms with Crippen LogP contribution in [0.15, 0.2) is 71.6 Å². The molecule has 1 aliphatic heterocycles. The van der Waals surface area contributed by atoms with Crippen molar-refractivity contribution >= 4 is 29.4 Å². The highest BCUT2D eigenvalue weighted by atomic mass is 32.2. The molecule has 0 N–H and O–H groups in total. The number of hydrogen-bond donors (Lipinski definition) is 0. The van der Waals surface area contributed by atoms with Gasteiger partial charge in [-0.3, -0.25) is 9.59 Å². The van der Waals surface area contributed by atoms with Crippen LogP contribution < -0.4 is 9.47 Å². The van der Waals surface area contributed by atoms with Crippen LogP contribution in [0.1, 0.15) is 54.2 Å². The van der Waals surface area contributed by atoms with E-state index in [0.29, 0.717) is 24.4 Å². The number of carbonyl (C=O) groups is 3. The van der Waals surface area contributed by atoms with Gasteiger partial charge in [0.2, 0.25) is 0 Å². The molecule has 1 amide bonds. The monoisotopic (exact) mass is 573 g/mol. The van der Waals surface area contributed by atoms with Crippen molar-refractivity contribution < 1.29 is 23.9 Å². The first kappa shape index (κ1) is 30.4. The standard InChI is InChI=1S/C34H39NO5S/c1-22-18-25(19-23(2)32(22)40-34(4,5)24(3)36)12-13-27-20-35(33(38)39-28-10-8-7-9-11-28)21-30(27)31(37)26-14-16-29(41-6)17-15-26/h7-11,14-19,27,30H,12-13,20-21H2,1-6H3. The van der Waals surface area contributed by atoms with Gasteiger partial charge in [0.25, 0.3) is 0 Å². The van der Waals surface area contributed by atoms with Gasteiger partial charge in [0.15, 0.2) is 17.2 Å². The second-order valence-corrected chi connectivity index (χ2v) is 12.2. The number of aryl methyl sites for hydroxylation is 3. The molecule has 4 rings (SSSR count). The van der Waals surface area contributed by atoms with Gasteiger partial charge in [0.05, 0.1) is 0 Å². The molecule has 0 aromatic heterocycles. The fourth-order valence-corrected chi connectivity index (χ4v) is 5.67.